The predicted molar refractivity (Wildman–Crippen MR) is 76.6 cm³/mol. The van der Waals surface area contributed by atoms with Gasteiger partial charge >= 0.3 is 5.97 Å². The van der Waals surface area contributed by atoms with Gasteiger partial charge in [-0.1, -0.05) is 12.1 Å². The number of aromatic hydroxyl groups is 1. The van der Waals surface area contributed by atoms with E-state index >= 15 is 0 Å². The number of phenolic OH excluding ortho intramolecular Hbond substituents is 1. The SMILES string of the molecule is CN1C(C(=O)O)CCC1C1COC(c2ccccc2O)=N1. The van der Waals surface area contributed by atoms with Crippen molar-refractivity contribution in [1.29, 1.82) is 0 Å². The lowest BCUT2D eigenvalue weighted by atomic mass is 10.1. The van der Waals surface area contributed by atoms with Crippen LogP contribution in [0.2, 0.25) is 0 Å². The molecule has 1 aromatic carbocycles. The Balaban J connectivity index is 1.78. The highest BCUT2D eigenvalue weighted by Gasteiger charge is 2.41. The number of carboxylic acids is 1. The second-order valence-electron chi connectivity index (χ2n) is 5.49. The summed E-state index contributed by atoms with van der Waals surface area (Å²) >= 11 is 0. The molecule has 1 aromatic rings. The Kier molecular flexibility index (Phi) is 3.55. The number of benzene rings is 1. The van der Waals surface area contributed by atoms with E-state index in [1.54, 1.807) is 18.2 Å². The lowest BCUT2D eigenvalue weighted by Gasteiger charge is -2.25. The molecule has 2 aliphatic rings. The number of nitrogens with zero attached hydrogens (tertiary/aromatic N) is 2. The van der Waals surface area contributed by atoms with E-state index in [1.807, 2.05) is 18.0 Å². The zero-order valence-electron chi connectivity index (χ0n) is 11.8. The van der Waals surface area contributed by atoms with Gasteiger partial charge in [-0.05, 0) is 32.0 Å². The molecule has 0 radical (unpaired) electrons. The summed E-state index contributed by atoms with van der Waals surface area (Å²) in [6, 6.07) is 6.44. The lowest BCUT2D eigenvalue weighted by Crippen LogP contribution is -2.43. The number of aliphatic imine (C=N–C) groups is 1. The number of rotatable bonds is 3. The van der Waals surface area contributed by atoms with Crippen molar-refractivity contribution in [3.8, 4) is 5.75 Å². The molecular formula is C15H18N2O4. The van der Waals surface area contributed by atoms with Crippen molar-refractivity contribution in [2.45, 2.75) is 31.0 Å². The Morgan fingerprint density at radius 2 is 2.14 bits per heavy atom. The first-order chi connectivity index (χ1) is 10.1. The summed E-state index contributed by atoms with van der Waals surface area (Å²) in [6.45, 7) is 0.422. The second-order valence-corrected chi connectivity index (χ2v) is 5.49. The van der Waals surface area contributed by atoms with Crippen LogP contribution >= 0.6 is 0 Å². The van der Waals surface area contributed by atoms with E-state index in [2.05, 4.69) is 4.99 Å². The van der Waals surface area contributed by atoms with E-state index in [0.717, 1.165) is 6.42 Å². The van der Waals surface area contributed by atoms with Gasteiger partial charge in [0.2, 0.25) is 5.90 Å². The van der Waals surface area contributed by atoms with Crippen molar-refractivity contribution >= 4 is 11.9 Å². The Morgan fingerprint density at radius 1 is 1.38 bits per heavy atom. The van der Waals surface area contributed by atoms with Gasteiger partial charge in [0.25, 0.3) is 0 Å². The highest BCUT2D eigenvalue weighted by molar-refractivity contribution is 5.97. The molecule has 6 nitrogen and oxygen atoms in total. The summed E-state index contributed by atoms with van der Waals surface area (Å²) in [5, 5.41) is 19.0. The van der Waals surface area contributed by atoms with E-state index in [0.29, 0.717) is 24.5 Å². The summed E-state index contributed by atoms with van der Waals surface area (Å²) < 4.78 is 5.60. The molecule has 2 aliphatic heterocycles. The molecule has 3 rings (SSSR count). The molecule has 0 spiro atoms. The Hall–Kier alpha value is -2.08. The number of phenols is 1. The monoisotopic (exact) mass is 290 g/mol. The molecular weight excluding hydrogens is 272 g/mol. The van der Waals surface area contributed by atoms with Gasteiger partial charge in [0.1, 0.15) is 24.4 Å². The topological polar surface area (TPSA) is 82.4 Å². The van der Waals surface area contributed by atoms with Gasteiger partial charge in [0.05, 0.1) is 5.56 Å². The van der Waals surface area contributed by atoms with Crippen LogP contribution in [0.3, 0.4) is 0 Å². The summed E-state index contributed by atoms with van der Waals surface area (Å²) in [7, 11) is 1.82. The normalized spacial score (nSPS) is 29.2. The number of aliphatic carboxylic acids is 1. The minimum atomic E-state index is -0.788. The number of carbonyl (C=O) groups is 1. The van der Waals surface area contributed by atoms with Crippen LogP contribution in [0.4, 0.5) is 0 Å². The summed E-state index contributed by atoms with van der Waals surface area (Å²) in [4.78, 5) is 17.6. The third-order valence-corrected chi connectivity index (χ3v) is 4.29. The highest BCUT2D eigenvalue weighted by atomic mass is 16.5. The summed E-state index contributed by atoms with van der Waals surface area (Å²) in [6.07, 6.45) is 1.42. The van der Waals surface area contributed by atoms with Crippen LogP contribution in [0.15, 0.2) is 29.3 Å². The smallest absolute Gasteiger partial charge is 0.320 e. The van der Waals surface area contributed by atoms with Crippen LogP contribution in [0.1, 0.15) is 18.4 Å². The maximum Gasteiger partial charge on any atom is 0.320 e. The van der Waals surface area contributed by atoms with Gasteiger partial charge in [-0.3, -0.25) is 9.69 Å². The van der Waals surface area contributed by atoms with Gasteiger partial charge in [-0.2, -0.15) is 0 Å². The number of para-hydroxylation sites is 1. The third-order valence-electron chi connectivity index (χ3n) is 4.29. The first-order valence-corrected chi connectivity index (χ1v) is 7.01. The van der Waals surface area contributed by atoms with Crippen LogP contribution in [-0.2, 0) is 9.53 Å². The first-order valence-electron chi connectivity index (χ1n) is 7.01. The maximum atomic E-state index is 11.2. The molecule has 0 bridgehead atoms. The van der Waals surface area contributed by atoms with Crippen LogP contribution < -0.4 is 0 Å². The molecule has 112 valence electrons. The van der Waals surface area contributed by atoms with E-state index < -0.39 is 12.0 Å². The number of likely N-dealkylation sites (tertiary alicyclic amines) is 1. The summed E-state index contributed by atoms with van der Waals surface area (Å²) in [5.41, 5.74) is 0.579. The molecule has 0 aromatic heterocycles. The zero-order valence-corrected chi connectivity index (χ0v) is 11.8. The lowest BCUT2D eigenvalue weighted by molar-refractivity contribution is -0.142. The van der Waals surface area contributed by atoms with Crippen LogP contribution in [0, 0.1) is 0 Å². The first kappa shape index (κ1) is 13.9. The van der Waals surface area contributed by atoms with Crippen molar-refractivity contribution in [3.05, 3.63) is 29.8 Å². The van der Waals surface area contributed by atoms with Gasteiger partial charge in [0, 0.05) is 6.04 Å². The number of carboxylic acid groups (broad SMARTS) is 1. The molecule has 3 unspecified atom stereocenters. The average molecular weight is 290 g/mol. The molecule has 3 atom stereocenters. The van der Waals surface area contributed by atoms with Crippen molar-refractivity contribution in [3.63, 3.8) is 0 Å². The molecule has 0 aliphatic carbocycles. The van der Waals surface area contributed by atoms with Crippen molar-refractivity contribution < 1.29 is 19.7 Å². The molecule has 1 fully saturated rings. The molecule has 0 amide bonds. The van der Waals surface area contributed by atoms with Gasteiger partial charge in [0.15, 0.2) is 0 Å². The minimum absolute atomic E-state index is 0.0643. The highest BCUT2D eigenvalue weighted by Crippen LogP contribution is 2.30. The molecule has 21 heavy (non-hydrogen) atoms. The average Bonchev–Trinajstić information content (AvgIpc) is 3.05. The summed E-state index contributed by atoms with van der Waals surface area (Å²) in [5.74, 6) is -0.214. The zero-order chi connectivity index (χ0) is 15.0. The standard InChI is InChI=1S/C15H18N2O4/c1-17-11(6-7-12(17)15(19)20)10-8-21-14(16-10)9-4-2-3-5-13(9)18/h2-5,10-12,18H,6-8H2,1H3,(H,19,20). The van der Waals surface area contributed by atoms with E-state index in [-0.39, 0.29) is 17.8 Å². The number of likely N-dealkylation sites (N-methyl/N-ethyl adjacent to an activating group) is 1. The number of hydrogen-bond acceptors (Lipinski definition) is 5. The fraction of sp³-hybridized carbons (Fsp3) is 0.467. The van der Waals surface area contributed by atoms with Crippen LogP contribution in [-0.4, -0.2) is 58.8 Å². The van der Waals surface area contributed by atoms with Gasteiger partial charge < -0.3 is 14.9 Å². The second kappa shape index (κ2) is 5.37. The fourth-order valence-corrected chi connectivity index (χ4v) is 3.12. The number of ether oxygens (including phenoxy) is 1. The Bertz CT molecular complexity index is 587. The van der Waals surface area contributed by atoms with Crippen molar-refractivity contribution in [2.75, 3.05) is 13.7 Å². The fourth-order valence-electron chi connectivity index (χ4n) is 3.12. The van der Waals surface area contributed by atoms with Gasteiger partial charge in [-0.25, -0.2) is 4.99 Å². The van der Waals surface area contributed by atoms with E-state index in [1.165, 1.54) is 0 Å². The van der Waals surface area contributed by atoms with Crippen LogP contribution in [0.5, 0.6) is 5.75 Å². The Labute approximate surface area is 122 Å². The minimum Gasteiger partial charge on any atom is -0.507 e. The van der Waals surface area contributed by atoms with Crippen LogP contribution in [0.25, 0.3) is 0 Å². The number of hydrogen-bond donors (Lipinski definition) is 2. The van der Waals surface area contributed by atoms with Gasteiger partial charge in [-0.15, -0.1) is 0 Å². The van der Waals surface area contributed by atoms with Crippen molar-refractivity contribution in [2.24, 2.45) is 4.99 Å². The molecule has 2 N–H and O–H groups in total. The molecule has 0 saturated carbocycles. The van der Waals surface area contributed by atoms with E-state index in [4.69, 9.17) is 9.84 Å². The van der Waals surface area contributed by atoms with E-state index in [9.17, 15) is 9.90 Å². The third kappa shape index (κ3) is 2.47. The molecule has 1 saturated heterocycles. The quantitative estimate of drug-likeness (QED) is 0.870. The molecule has 2 heterocycles. The largest absolute Gasteiger partial charge is 0.507 e. The molecule has 6 heteroatoms. The maximum absolute atomic E-state index is 11.2. The Morgan fingerprint density at radius 3 is 2.81 bits per heavy atom. The predicted octanol–water partition coefficient (Wildman–Crippen LogP) is 1.08. The van der Waals surface area contributed by atoms with Crippen molar-refractivity contribution in [1.82, 2.24) is 4.90 Å².